The Morgan fingerprint density at radius 3 is 3.00 bits per heavy atom. The number of ether oxygens (including phenoxy) is 2. The molecule has 2 unspecified atom stereocenters. The number of aliphatic imine (C=N–C) groups is 1. The number of methoxy groups -OCH3 is 1. The van der Waals surface area contributed by atoms with Crippen molar-refractivity contribution < 1.29 is 9.47 Å². The summed E-state index contributed by atoms with van der Waals surface area (Å²) in [6, 6.07) is 0.283. The number of fused-ring (bicyclic) bond motifs is 1. The van der Waals surface area contributed by atoms with Gasteiger partial charge in [-0.3, -0.25) is 4.99 Å². The molecule has 10 heteroatoms. The number of hydrogen-bond donors (Lipinski definition) is 2. The minimum atomic E-state index is 0. The fourth-order valence-corrected chi connectivity index (χ4v) is 3.26. The second-order valence-electron chi connectivity index (χ2n) is 6.65. The van der Waals surface area contributed by atoms with Gasteiger partial charge in [-0.2, -0.15) is 5.10 Å². The summed E-state index contributed by atoms with van der Waals surface area (Å²) < 4.78 is 12.9. The first kappa shape index (κ1) is 21.3. The van der Waals surface area contributed by atoms with Crippen LogP contribution >= 0.6 is 24.0 Å². The molecule has 2 aliphatic heterocycles. The predicted molar refractivity (Wildman–Crippen MR) is 110 cm³/mol. The summed E-state index contributed by atoms with van der Waals surface area (Å²) in [6.45, 7) is 4.72. The summed E-state index contributed by atoms with van der Waals surface area (Å²) in [5.41, 5.74) is 0. The number of guanidine groups is 1. The van der Waals surface area contributed by atoms with Crippen molar-refractivity contribution in [1.29, 1.82) is 0 Å². The van der Waals surface area contributed by atoms with Crippen LogP contribution in [0.4, 0.5) is 0 Å². The van der Waals surface area contributed by atoms with Crippen LogP contribution < -0.4 is 10.6 Å². The summed E-state index contributed by atoms with van der Waals surface area (Å²) >= 11 is 0. The van der Waals surface area contributed by atoms with Gasteiger partial charge >= 0.3 is 0 Å². The van der Waals surface area contributed by atoms with E-state index in [2.05, 4.69) is 37.7 Å². The molecule has 1 saturated heterocycles. The average molecular weight is 479 g/mol. The van der Waals surface area contributed by atoms with Crippen molar-refractivity contribution in [3.63, 3.8) is 0 Å². The fourth-order valence-electron chi connectivity index (χ4n) is 3.26. The third kappa shape index (κ3) is 5.76. The Kier molecular flexibility index (Phi) is 8.51. The molecular formula is C16H30IN7O2. The number of nitrogens with one attached hydrogen (secondary N) is 2. The van der Waals surface area contributed by atoms with Crippen molar-refractivity contribution in [2.24, 2.45) is 4.99 Å². The Balaban J connectivity index is 0.00000243. The quantitative estimate of drug-likeness (QED) is 0.345. The molecule has 1 fully saturated rings. The molecule has 0 radical (unpaired) electrons. The fraction of sp³-hybridized carbons (Fsp3) is 0.812. The molecule has 0 saturated carbocycles. The van der Waals surface area contributed by atoms with Gasteiger partial charge in [0.1, 0.15) is 12.4 Å². The van der Waals surface area contributed by atoms with Crippen LogP contribution in [0.1, 0.15) is 18.1 Å². The van der Waals surface area contributed by atoms with Crippen molar-refractivity contribution >= 4 is 29.9 Å². The van der Waals surface area contributed by atoms with E-state index in [-0.39, 0.29) is 36.1 Å². The number of aryl methyl sites for hydroxylation is 1. The van der Waals surface area contributed by atoms with Gasteiger partial charge in [0.25, 0.3) is 0 Å². The number of rotatable bonds is 5. The van der Waals surface area contributed by atoms with Gasteiger partial charge in [0, 0.05) is 46.3 Å². The largest absolute Gasteiger partial charge is 0.377 e. The van der Waals surface area contributed by atoms with E-state index < -0.39 is 0 Å². The van der Waals surface area contributed by atoms with Crippen molar-refractivity contribution in [1.82, 2.24) is 30.3 Å². The molecule has 9 nitrogen and oxygen atoms in total. The second kappa shape index (κ2) is 10.4. The lowest BCUT2D eigenvalue weighted by Gasteiger charge is -2.31. The van der Waals surface area contributed by atoms with Crippen molar-refractivity contribution in [3.05, 3.63) is 11.6 Å². The van der Waals surface area contributed by atoms with Crippen LogP contribution in [0.2, 0.25) is 0 Å². The molecule has 2 N–H and O–H groups in total. The van der Waals surface area contributed by atoms with E-state index in [0.717, 1.165) is 63.2 Å². The number of nitrogens with zero attached hydrogens (tertiary/aromatic N) is 5. The van der Waals surface area contributed by atoms with Crippen LogP contribution in [0.15, 0.2) is 4.99 Å². The maximum Gasteiger partial charge on any atom is 0.191 e. The minimum Gasteiger partial charge on any atom is -0.377 e. The molecular weight excluding hydrogens is 449 g/mol. The van der Waals surface area contributed by atoms with Gasteiger partial charge in [-0.1, -0.05) is 0 Å². The third-order valence-electron chi connectivity index (χ3n) is 4.58. The first-order valence-corrected chi connectivity index (χ1v) is 8.86. The van der Waals surface area contributed by atoms with Crippen LogP contribution in [-0.4, -0.2) is 85.2 Å². The molecule has 2 atom stereocenters. The Morgan fingerprint density at radius 1 is 1.42 bits per heavy atom. The van der Waals surface area contributed by atoms with Crippen LogP contribution in [0.25, 0.3) is 0 Å². The normalized spacial score (nSPS) is 23.9. The molecule has 0 bridgehead atoms. The number of hydrogen-bond acceptors (Lipinski definition) is 6. The summed E-state index contributed by atoms with van der Waals surface area (Å²) in [7, 11) is 5.58. The van der Waals surface area contributed by atoms with E-state index in [9.17, 15) is 0 Å². The third-order valence-corrected chi connectivity index (χ3v) is 4.58. The molecule has 26 heavy (non-hydrogen) atoms. The lowest BCUT2D eigenvalue weighted by Crippen LogP contribution is -2.51. The predicted octanol–water partition coefficient (Wildman–Crippen LogP) is -0.147. The highest BCUT2D eigenvalue weighted by Gasteiger charge is 2.23. The molecule has 0 aromatic carbocycles. The monoisotopic (exact) mass is 479 g/mol. The SMILES string of the molecule is CN=C(NCC1CN(C)CCO1)NC1CCc2nc(COC)nn2C1.I. The van der Waals surface area contributed by atoms with Gasteiger partial charge in [0.05, 0.1) is 19.3 Å². The molecule has 3 rings (SSSR count). The standard InChI is InChI=1S/C16H29N7O2.HI/c1-17-16(18-8-13-10-22(2)6-7-25-13)19-12-4-5-15-20-14(11-24-3)21-23(15)9-12;/h12-13H,4-11H2,1-3H3,(H2,17,18,19);1H. The van der Waals surface area contributed by atoms with Crippen LogP contribution in [-0.2, 0) is 29.0 Å². The first-order chi connectivity index (χ1) is 12.2. The highest BCUT2D eigenvalue weighted by molar-refractivity contribution is 14.0. The minimum absolute atomic E-state index is 0. The van der Waals surface area contributed by atoms with Crippen molar-refractivity contribution in [3.8, 4) is 0 Å². The molecule has 1 aromatic rings. The number of halogens is 1. The zero-order chi connectivity index (χ0) is 17.6. The summed E-state index contributed by atoms with van der Waals surface area (Å²) in [5.74, 6) is 2.59. The van der Waals surface area contributed by atoms with Crippen molar-refractivity contribution in [2.75, 3.05) is 47.4 Å². The van der Waals surface area contributed by atoms with E-state index in [1.165, 1.54) is 0 Å². The van der Waals surface area contributed by atoms with Gasteiger partial charge in [0.15, 0.2) is 11.8 Å². The molecule has 148 valence electrons. The average Bonchev–Trinajstić information content (AvgIpc) is 3.00. The molecule has 3 heterocycles. The second-order valence-corrected chi connectivity index (χ2v) is 6.65. The summed E-state index contributed by atoms with van der Waals surface area (Å²) in [5, 5.41) is 11.4. The molecule has 0 amide bonds. The van der Waals surface area contributed by atoms with E-state index in [0.29, 0.717) is 6.61 Å². The number of aromatic nitrogens is 3. The van der Waals surface area contributed by atoms with Crippen LogP contribution in [0.5, 0.6) is 0 Å². The van der Waals surface area contributed by atoms with Gasteiger partial charge in [-0.25, -0.2) is 9.67 Å². The highest BCUT2D eigenvalue weighted by Crippen LogP contribution is 2.13. The molecule has 2 aliphatic rings. The zero-order valence-electron chi connectivity index (χ0n) is 15.8. The molecule has 0 aliphatic carbocycles. The lowest BCUT2D eigenvalue weighted by molar-refractivity contribution is -0.0161. The topological polar surface area (TPSA) is 88.8 Å². The van der Waals surface area contributed by atoms with E-state index in [4.69, 9.17) is 9.47 Å². The molecule has 0 spiro atoms. The van der Waals surface area contributed by atoms with Crippen LogP contribution in [0.3, 0.4) is 0 Å². The highest BCUT2D eigenvalue weighted by atomic mass is 127. The first-order valence-electron chi connectivity index (χ1n) is 8.86. The Bertz CT molecular complexity index is 595. The maximum atomic E-state index is 5.78. The Hall–Kier alpha value is -0.980. The zero-order valence-corrected chi connectivity index (χ0v) is 18.1. The van der Waals surface area contributed by atoms with E-state index in [1.54, 1.807) is 14.2 Å². The van der Waals surface area contributed by atoms with E-state index in [1.807, 2.05) is 4.68 Å². The van der Waals surface area contributed by atoms with Gasteiger partial charge in [-0.15, -0.1) is 24.0 Å². The van der Waals surface area contributed by atoms with Crippen molar-refractivity contribution in [2.45, 2.75) is 38.1 Å². The van der Waals surface area contributed by atoms with Gasteiger partial charge < -0.3 is 25.0 Å². The smallest absolute Gasteiger partial charge is 0.191 e. The molecule has 1 aromatic heterocycles. The summed E-state index contributed by atoms with van der Waals surface area (Å²) in [4.78, 5) is 11.1. The maximum absolute atomic E-state index is 5.78. The number of morpholine rings is 1. The van der Waals surface area contributed by atoms with Gasteiger partial charge in [-0.05, 0) is 13.5 Å². The Labute approximate surface area is 171 Å². The summed E-state index contributed by atoms with van der Waals surface area (Å²) in [6.07, 6.45) is 2.11. The van der Waals surface area contributed by atoms with E-state index >= 15 is 0 Å². The van der Waals surface area contributed by atoms with Gasteiger partial charge in [0.2, 0.25) is 0 Å². The lowest BCUT2D eigenvalue weighted by atomic mass is 10.1. The van der Waals surface area contributed by atoms with Crippen LogP contribution in [0, 0.1) is 0 Å². The number of likely N-dealkylation sites (N-methyl/N-ethyl adjacent to an activating group) is 1. The Morgan fingerprint density at radius 2 is 2.27 bits per heavy atom.